The highest BCUT2D eigenvalue weighted by Crippen LogP contribution is 2.26. The topological polar surface area (TPSA) is 96.0 Å². The molecular weight excluding hydrogens is 526 g/mol. The molecule has 0 bridgehead atoms. The van der Waals surface area contributed by atoms with E-state index in [0.717, 1.165) is 33.8 Å². The van der Waals surface area contributed by atoms with Crippen LogP contribution in [0.1, 0.15) is 43.4 Å². The fourth-order valence-electron chi connectivity index (χ4n) is 4.24. The number of hydrogen-bond acceptors (Lipinski definition) is 5. The molecule has 0 saturated carbocycles. The Morgan fingerprint density at radius 2 is 1.62 bits per heavy atom. The summed E-state index contributed by atoms with van der Waals surface area (Å²) in [5.74, 6) is -0.254. The molecule has 0 unspecified atom stereocenters. The van der Waals surface area contributed by atoms with Crippen molar-refractivity contribution >= 4 is 27.5 Å². The first-order valence-electron chi connectivity index (χ1n) is 13.4. The van der Waals surface area contributed by atoms with Gasteiger partial charge in [0.15, 0.2) is 0 Å². The van der Waals surface area contributed by atoms with Gasteiger partial charge in [-0.25, -0.2) is 8.42 Å². The zero-order valence-electron chi connectivity index (χ0n) is 23.9. The highest BCUT2D eigenvalue weighted by Gasteiger charge is 2.32. The third-order valence-electron chi connectivity index (χ3n) is 6.68. The molecule has 0 aromatic heterocycles. The molecule has 0 fully saturated rings. The van der Waals surface area contributed by atoms with Crippen LogP contribution in [0.5, 0.6) is 5.75 Å². The Labute approximate surface area is 238 Å². The summed E-state index contributed by atoms with van der Waals surface area (Å²) in [5.41, 5.74) is 3.18. The summed E-state index contributed by atoms with van der Waals surface area (Å²) in [6.07, 6.45) is 1.75. The Morgan fingerprint density at radius 3 is 2.23 bits per heavy atom. The normalized spacial score (nSPS) is 11.9. The number of unbranched alkanes of at least 4 members (excludes halogenated alkanes) is 1. The van der Waals surface area contributed by atoms with Gasteiger partial charge in [-0.1, -0.05) is 60.9 Å². The van der Waals surface area contributed by atoms with E-state index in [0.29, 0.717) is 18.0 Å². The van der Waals surface area contributed by atoms with Crippen molar-refractivity contribution in [3.63, 3.8) is 0 Å². The van der Waals surface area contributed by atoms with Crippen LogP contribution >= 0.6 is 0 Å². The number of sulfonamides is 1. The van der Waals surface area contributed by atoms with Crippen LogP contribution in [0.15, 0.2) is 77.7 Å². The maximum Gasteiger partial charge on any atom is 0.264 e. The first-order valence-corrected chi connectivity index (χ1v) is 14.9. The molecule has 8 nitrogen and oxygen atoms in total. The molecule has 0 saturated heterocycles. The van der Waals surface area contributed by atoms with Gasteiger partial charge in [0.2, 0.25) is 11.8 Å². The van der Waals surface area contributed by atoms with E-state index in [1.165, 1.54) is 24.1 Å². The first-order chi connectivity index (χ1) is 19.1. The SMILES string of the molecule is CCCCNC(=O)[C@H](C)N(Cc1cccc(C)c1)C(=O)CN(c1ccc(C)cc1)S(=O)(=O)c1ccc(OC)cc1. The predicted molar refractivity (Wildman–Crippen MR) is 158 cm³/mol. The fourth-order valence-corrected chi connectivity index (χ4v) is 5.65. The molecule has 3 aromatic rings. The van der Waals surface area contributed by atoms with Crippen molar-refractivity contribution in [3.05, 3.63) is 89.5 Å². The molecule has 214 valence electrons. The van der Waals surface area contributed by atoms with Crippen LogP contribution in [0.3, 0.4) is 0 Å². The van der Waals surface area contributed by atoms with Gasteiger partial charge in [0, 0.05) is 13.1 Å². The number of benzene rings is 3. The van der Waals surface area contributed by atoms with Gasteiger partial charge < -0.3 is 15.0 Å². The summed E-state index contributed by atoms with van der Waals surface area (Å²) in [5, 5.41) is 2.90. The molecule has 0 spiro atoms. The Hall–Kier alpha value is -3.85. The average Bonchev–Trinajstić information content (AvgIpc) is 2.94. The van der Waals surface area contributed by atoms with Crippen LogP contribution in [0.25, 0.3) is 0 Å². The van der Waals surface area contributed by atoms with Crippen LogP contribution in [-0.2, 0) is 26.2 Å². The summed E-state index contributed by atoms with van der Waals surface area (Å²) in [6, 6.07) is 19.9. The van der Waals surface area contributed by atoms with Crippen LogP contribution < -0.4 is 14.4 Å². The zero-order chi connectivity index (χ0) is 29.3. The van der Waals surface area contributed by atoms with E-state index in [9.17, 15) is 18.0 Å². The Kier molecular flexibility index (Phi) is 10.7. The van der Waals surface area contributed by atoms with Crippen molar-refractivity contribution in [2.45, 2.75) is 58.0 Å². The second-order valence-electron chi connectivity index (χ2n) is 9.85. The molecule has 9 heteroatoms. The van der Waals surface area contributed by atoms with Crippen LogP contribution in [0, 0.1) is 13.8 Å². The predicted octanol–water partition coefficient (Wildman–Crippen LogP) is 4.84. The summed E-state index contributed by atoms with van der Waals surface area (Å²) >= 11 is 0. The highest BCUT2D eigenvalue weighted by atomic mass is 32.2. The second kappa shape index (κ2) is 14.0. The summed E-state index contributed by atoms with van der Waals surface area (Å²) < 4.78 is 34.1. The third kappa shape index (κ3) is 7.85. The van der Waals surface area contributed by atoms with Gasteiger partial charge in [0.05, 0.1) is 17.7 Å². The number of carbonyl (C=O) groups excluding carboxylic acids is 2. The Bertz CT molecular complexity index is 1390. The second-order valence-corrected chi connectivity index (χ2v) is 11.7. The third-order valence-corrected chi connectivity index (χ3v) is 8.47. The van der Waals surface area contributed by atoms with Crippen molar-refractivity contribution in [2.24, 2.45) is 0 Å². The lowest BCUT2D eigenvalue weighted by atomic mass is 10.1. The van der Waals surface area contributed by atoms with Gasteiger partial charge in [0.25, 0.3) is 10.0 Å². The minimum atomic E-state index is -4.13. The van der Waals surface area contributed by atoms with Gasteiger partial charge in [-0.05, 0) is 69.2 Å². The van der Waals surface area contributed by atoms with Gasteiger partial charge in [-0.2, -0.15) is 0 Å². The van der Waals surface area contributed by atoms with Crippen molar-refractivity contribution in [1.82, 2.24) is 10.2 Å². The molecule has 3 aromatic carbocycles. The first kappa shape index (κ1) is 30.7. The van der Waals surface area contributed by atoms with Gasteiger partial charge in [0.1, 0.15) is 18.3 Å². The van der Waals surface area contributed by atoms with E-state index in [4.69, 9.17) is 4.74 Å². The average molecular weight is 566 g/mol. The molecule has 3 rings (SSSR count). The number of hydrogen-bond donors (Lipinski definition) is 1. The van der Waals surface area contributed by atoms with Crippen molar-refractivity contribution in [1.29, 1.82) is 0 Å². The minimum absolute atomic E-state index is 0.0252. The maximum absolute atomic E-state index is 14.0. The number of methoxy groups -OCH3 is 1. The summed E-state index contributed by atoms with van der Waals surface area (Å²) in [7, 11) is -2.63. The largest absolute Gasteiger partial charge is 0.497 e. The number of nitrogens with one attached hydrogen (secondary N) is 1. The molecule has 0 radical (unpaired) electrons. The van der Waals surface area contributed by atoms with Crippen molar-refractivity contribution in [2.75, 3.05) is 24.5 Å². The Morgan fingerprint density at radius 1 is 0.950 bits per heavy atom. The van der Waals surface area contributed by atoms with Gasteiger partial charge in [-0.15, -0.1) is 0 Å². The van der Waals surface area contributed by atoms with Gasteiger partial charge in [-0.3, -0.25) is 13.9 Å². The number of rotatable bonds is 13. The standard InChI is InChI=1S/C31H39N3O5S/c1-6-7-19-32-31(36)25(4)33(21-26-10-8-9-24(3)20-26)30(35)22-34(27-13-11-23(2)12-14-27)40(37,38)29-17-15-28(39-5)16-18-29/h8-18,20,25H,6-7,19,21-22H2,1-5H3,(H,32,36)/t25-/m0/s1. The summed E-state index contributed by atoms with van der Waals surface area (Å²) in [4.78, 5) is 28.5. The molecule has 0 aliphatic rings. The van der Waals surface area contributed by atoms with Crippen molar-refractivity contribution < 1.29 is 22.7 Å². The van der Waals surface area contributed by atoms with Crippen LogP contribution in [0.4, 0.5) is 5.69 Å². The van der Waals surface area contributed by atoms with Gasteiger partial charge >= 0.3 is 0 Å². The molecular formula is C31H39N3O5S. The minimum Gasteiger partial charge on any atom is -0.497 e. The molecule has 1 atom stereocenters. The number of carbonyl (C=O) groups is 2. The molecule has 0 aliphatic heterocycles. The summed E-state index contributed by atoms with van der Waals surface area (Å²) in [6.45, 7) is 7.75. The maximum atomic E-state index is 14.0. The lowest BCUT2D eigenvalue weighted by Gasteiger charge is -2.32. The quantitative estimate of drug-likeness (QED) is 0.299. The monoisotopic (exact) mass is 565 g/mol. The fraction of sp³-hybridized carbons (Fsp3) is 0.355. The molecule has 1 N–H and O–H groups in total. The van der Waals surface area contributed by atoms with E-state index in [1.54, 1.807) is 43.3 Å². The number of amides is 2. The molecule has 0 aliphatic carbocycles. The number of ether oxygens (including phenoxy) is 1. The molecule has 0 heterocycles. The lowest BCUT2D eigenvalue weighted by molar-refractivity contribution is -0.139. The van der Waals surface area contributed by atoms with E-state index in [2.05, 4.69) is 5.32 Å². The Balaban J connectivity index is 2.00. The van der Waals surface area contributed by atoms with E-state index >= 15 is 0 Å². The smallest absolute Gasteiger partial charge is 0.264 e. The van der Waals surface area contributed by atoms with E-state index in [-0.39, 0.29) is 17.3 Å². The van der Waals surface area contributed by atoms with E-state index < -0.39 is 28.5 Å². The van der Waals surface area contributed by atoms with E-state index in [1.807, 2.05) is 45.0 Å². The molecule has 40 heavy (non-hydrogen) atoms. The number of nitrogens with zero attached hydrogens (tertiary/aromatic N) is 2. The van der Waals surface area contributed by atoms with Crippen LogP contribution in [0.2, 0.25) is 0 Å². The zero-order valence-corrected chi connectivity index (χ0v) is 24.7. The van der Waals surface area contributed by atoms with Crippen molar-refractivity contribution in [3.8, 4) is 5.75 Å². The van der Waals surface area contributed by atoms with Crippen LogP contribution in [-0.4, -0.2) is 51.4 Å². The number of aryl methyl sites for hydroxylation is 2. The molecule has 2 amide bonds. The number of anilines is 1. The highest BCUT2D eigenvalue weighted by molar-refractivity contribution is 7.92. The lowest BCUT2D eigenvalue weighted by Crippen LogP contribution is -2.51.